The number of nitrogens with one attached hydrogen (secondary N) is 1. The minimum atomic E-state index is 0.311. The van der Waals surface area contributed by atoms with E-state index in [2.05, 4.69) is 41.9 Å². The highest BCUT2D eigenvalue weighted by Crippen LogP contribution is 2.33. The number of aromatic amines is 1. The normalized spacial score (nSPS) is 17.9. The molecule has 0 aliphatic carbocycles. The van der Waals surface area contributed by atoms with E-state index in [1.807, 2.05) is 24.3 Å². The monoisotopic (exact) mass is 357 g/mol. The molecule has 27 heavy (non-hydrogen) atoms. The number of para-hydroxylation sites is 2. The summed E-state index contributed by atoms with van der Waals surface area (Å²) in [5.41, 5.74) is 7.43. The van der Waals surface area contributed by atoms with Gasteiger partial charge in [-0.15, -0.1) is 0 Å². The van der Waals surface area contributed by atoms with Gasteiger partial charge in [0.05, 0.1) is 39.5 Å². The van der Waals surface area contributed by atoms with E-state index >= 15 is 0 Å². The minimum Gasteiger partial charge on any atom is -0.341 e. The first-order valence-corrected chi connectivity index (χ1v) is 9.60. The van der Waals surface area contributed by atoms with Crippen LogP contribution in [0.5, 0.6) is 0 Å². The zero-order valence-corrected chi connectivity index (χ0v) is 15.7. The second kappa shape index (κ2) is 6.43. The maximum atomic E-state index is 4.89. The fourth-order valence-electron chi connectivity index (χ4n) is 4.09. The first kappa shape index (κ1) is 16.4. The summed E-state index contributed by atoms with van der Waals surface area (Å²) < 4.78 is 0. The van der Waals surface area contributed by atoms with Gasteiger partial charge in [-0.1, -0.05) is 18.2 Å². The van der Waals surface area contributed by atoms with Crippen molar-refractivity contribution in [3.05, 3.63) is 65.2 Å². The number of hydrogen-bond donors (Lipinski definition) is 1. The van der Waals surface area contributed by atoms with E-state index in [9.17, 15) is 0 Å². The molecule has 0 spiro atoms. The van der Waals surface area contributed by atoms with Crippen LogP contribution in [0.3, 0.4) is 0 Å². The molecule has 1 aliphatic rings. The molecule has 3 heterocycles. The van der Waals surface area contributed by atoms with Crippen molar-refractivity contribution in [2.24, 2.45) is 0 Å². The highest BCUT2D eigenvalue weighted by molar-refractivity contribution is 5.76. The quantitative estimate of drug-likeness (QED) is 0.588. The fraction of sp³-hybridized carbons (Fsp3) is 0.318. The highest BCUT2D eigenvalue weighted by Gasteiger charge is 2.29. The Balaban J connectivity index is 1.46. The molecule has 1 atom stereocenters. The Morgan fingerprint density at radius 1 is 1.00 bits per heavy atom. The van der Waals surface area contributed by atoms with Crippen LogP contribution in [0, 0.1) is 13.8 Å². The molecule has 4 aromatic rings. The molecule has 0 unspecified atom stereocenters. The van der Waals surface area contributed by atoms with Gasteiger partial charge in [0.25, 0.3) is 0 Å². The summed E-state index contributed by atoms with van der Waals surface area (Å²) >= 11 is 0. The van der Waals surface area contributed by atoms with Crippen molar-refractivity contribution in [1.82, 2.24) is 24.8 Å². The van der Waals surface area contributed by atoms with E-state index in [0.717, 1.165) is 58.8 Å². The van der Waals surface area contributed by atoms with Gasteiger partial charge in [-0.3, -0.25) is 4.90 Å². The van der Waals surface area contributed by atoms with Gasteiger partial charge in [0.1, 0.15) is 5.82 Å². The Labute approximate surface area is 158 Å². The number of benzene rings is 2. The van der Waals surface area contributed by atoms with Crippen LogP contribution in [-0.4, -0.2) is 31.4 Å². The Morgan fingerprint density at radius 3 is 2.67 bits per heavy atom. The highest BCUT2D eigenvalue weighted by atomic mass is 15.2. The van der Waals surface area contributed by atoms with Crippen molar-refractivity contribution in [2.45, 2.75) is 39.3 Å². The zero-order chi connectivity index (χ0) is 18.4. The lowest BCUT2D eigenvalue weighted by Gasteiger charge is -2.23. The van der Waals surface area contributed by atoms with E-state index in [0.29, 0.717) is 6.04 Å². The van der Waals surface area contributed by atoms with Gasteiger partial charge in [-0.25, -0.2) is 15.0 Å². The van der Waals surface area contributed by atoms with Crippen LogP contribution in [0.15, 0.2) is 42.5 Å². The van der Waals surface area contributed by atoms with Crippen molar-refractivity contribution in [3.8, 4) is 0 Å². The number of likely N-dealkylation sites (tertiary alicyclic amines) is 1. The summed E-state index contributed by atoms with van der Waals surface area (Å²) in [6.07, 6.45) is 2.31. The maximum absolute atomic E-state index is 4.89. The summed E-state index contributed by atoms with van der Waals surface area (Å²) in [7, 11) is 0. The molecule has 0 bridgehead atoms. The van der Waals surface area contributed by atoms with E-state index in [-0.39, 0.29) is 0 Å². The first-order valence-electron chi connectivity index (χ1n) is 9.60. The molecular formula is C22H23N5. The molecule has 1 aliphatic heterocycles. The average molecular weight is 357 g/mol. The van der Waals surface area contributed by atoms with Crippen LogP contribution in [-0.2, 0) is 6.54 Å². The Morgan fingerprint density at radius 2 is 1.81 bits per heavy atom. The van der Waals surface area contributed by atoms with Crippen molar-refractivity contribution in [3.63, 3.8) is 0 Å². The van der Waals surface area contributed by atoms with Crippen molar-refractivity contribution >= 4 is 22.1 Å². The second-order valence-corrected chi connectivity index (χ2v) is 7.52. The summed E-state index contributed by atoms with van der Waals surface area (Å²) in [6.45, 7) is 6.05. The van der Waals surface area contributed by atoms with Crippen LogP contribution in [0.25, 0.3) is 22.1 Å². The lowest BCUT2D eigenvalue weighted by atomic mass is 10.2. The standard InChI is InChI=1S/C22H23N5/c1-14-9-10-18-19(12-14)26-22(25-18)21-8-5-11-27(21)13-20-15(2)23-16-6-3-4-7-17(16)24-20/h3-4,6-7,9-10,12,21H,5,8,11,13H2,1-2H3,(H,25,26)/t21-/m0/s1. The average Bonchev–Trinajstić information content (AvgIpc) is 3.28. The van der Waals surface area contributed by atoms with Crippen molar-refractivity contribution in [2.75, 3.05) is 6.54 Å². The second-order valence-electron chi connectivity index (χ2n) is 7.52. The molecule has 136 valence electrons. The molecule has 1 N–H and O–H groups in total. The van der Waals surface area contributed by atoms with Crippen molar-refractivity contribution < 1.29 is 0 Å². The third-order valence-electron chi connectivity index (χ3n) is 5.53. The third-order valence-corrected chi connectivity index (χ3v) is 5.53. The molecule has 2 aromatic heterocycles. The number of H-pyrrole nitrogens is 1. The SMILES string of the molecule is Cc1ccc2nc([C@@H]3CCCN3Cc3nc4ccccc4nc3C)[nH]c2c1. The van der Waals surface area contributed by atoms with Gasteiger partial charge in [-0.2, -0.15) is 0 Å². The Kier molecular flexibility index (Phi) is 3.90. The summed E-state index contributed by atoms with van der Waals surface area (Å²) in [5.74, 6) is 1.07. The third kappa shape index (κ3) is 2.98. The minimum absolute atomic E-state index is 0.311. The van der Waals surface area contributed by atoms with Crippen LogP contribution in [0.1, 0.15) is 41.7 Å². The molecule has 1 fully saturated rings. The van der Waals surface area contributed by atoms with E-state index in [1.165, 1.54) is 12.0 Å². The number of aryl methyl sites for hydroxylation is 2. The van der Waals surface area contributed by atoms with Crippen LogP contribution in [0.2, 0.25) is 0 Å². The van der Waals surface area contributed by atoms with Gasteiger partial charge in [0, 0.05) is 6.54 Å². The maximum Gasteiger partial charge on any atom is 0.124 e. The number of fused-ring (bicyclic) bond motifs is 2. The molecule has 5 nitrogen and oxygen atoms in total. The summed E-state index contributed by atoms with van der Waals surface area (Å²) in [5, 5.41) is 0. The molecule has 1 saturated heterocycles. The number of nitrogens with zero attached hydrogens (tertiary/aromatic N) is 4. The lowest BCUT2D eigenvalue weighted by Crippen LogP contribution is -2.24. The number of aromatic nitrogens is 4. The summed E-state index contributed by atoms with van der Waals surface area (Å²) in [6, 6.07) is 14.8. The van der Waals surface area contributed by atoms with Gasteiger partial charge >= 0.3 is 0 Å². The fourth-order valence-corrected chi connectivity index (χ4v) is 4.09. The molecule has 0 radical (unpaired) electrons. The van der Waals surface area contributed by atoms with Gasteiger partial charge in [-0.05, 0) is 63.1 Å². The molecule has 5 rings (SSSR count). The lowest BCUT2D eigenvalue weighted by molar-refractivity contribution is 0.238. The molecule has 0 saturated carbocycles. The Bertz CT molecular complexity index is 1130. The molecule has 0 amide bonds. The topological polar surface area (TPSA) is 57.7 Å². The molecule has 2 aromatic carbocycles. The zero-order valence-electron chi connectivity index (χ0n) is 15.7. The smallest absolute Gasteiger partial charge is 0.124 e. The number of rotatable bonds is 3. The first-order chi connectivity index (χ1) is 13.2. The van der Waals surface area contributed by atoms with Gasteiger partial charge in [0.2, 0.25) is 0 Å². The predicted octanol–water partition coefficient (Wildman–Crippen LogP) is 4.46. The van der Waals surface area contributed by atoms with E-state index < -0.39 is 0 Å². The van der Waals surface area contributed by atoms with Gasteiger partial charge < -0.3 is 4.98 Å². The number of imidazole rings is 1. The summed E-state index contributed by atoms with van der Waals surface area (Å²) in [4.78, 5) is 20.5. The van der Waals surface area contributed by atoms with E-state index in [1.54, 1.807) is 0 Å². The molecule has 5 heteroatoms. The predicted molar refractivity (Wildman–Crippen MR) is 107 cm³/mol. The van der Waals surface area contributed by atoms with Crippen LogP contribution < -0.4 is 0 Å². The van der Waals surface area contributed by atoms with Crippen molar-refractivity contribution in [1.29, 1.82) is 0 Å². The van der Waals surface area contributed by atoms with Crippen LogP contribution in [0.4, 0.5) is 0 Å². The van der Waals surface area contributed by atoms with Gasteiger partial charge in [0.15, 0.2) is 0 Å². The van der Waals surface area contributed by atoms with E-state index in [4.69, 9.17) is 15.0 Å². The molecular weight excluding hydrogens is 334 g/mol. The number of hydrogen-bond acceptors (Lipinski definition) is 4. The van der Waals surface area contributed by atoms with Crippen LogP contribution >= 0.6 is 0 Å². The largest absolute Gasteiger partial charge is 0.341 e. The Hall–Kier alpha value is -2.79.